The Hall–Kier alpha value is -5.47. The van der Waals surface area contributed by atoms with Crippen molar-refractivity contribution in [2.24, 2.45) is 0 Å². The number of pyridine rings is 1. The topological polar surface area (TPSA) is 114 Å². The van der Waals surface area contributed by atoms with Gasteiger partial charge in [0.1, 0.15) is 39.9 Å². The zero-order valence-electron chi connectivity index (χ0n) is 26.3. The lowest BCUT2D eigenvalue weighted by atomic mass is 9.97. The van der Waals surface area contributed by atoms with Crippen molar-refractivity contribution in [3.8, 4) is 56.5 Å². The quantitative estimate of drug-likeness (QED) is 0.195. The minimum absolute atomic E-state index is 0.0612. The Morgan fingerprint density at radius 3 is 1.79 bits per heavy atom. The first-order valence-corrected chi connectivity index (χ1v) is 15.0. The normalized spacial score (nSPS) is 10.8. The van der Waals surface area contributed by atoms with Crippen LogP contribution in [-0.2, 0) is 0 Å². The first-order valence-electron chi connectivity index (χ1n) is 14.6. The van der Waals surface area contributed by atoms with Crippen LogP contribution in [0.5, 0.6) is 11.5 Å². The molecule has 2 N–H and O–H groups in total. The Labute approximate surface area is 275 Å². The van der Waals surface area contributed by atoms with Crippen LogP contribution in [-0.4, -0.2) is 15.2 Å². The van der Waals surface area contributed by atoms with Gasteiger partial charge >= 0.3 is 11.3 Å². The van der Waals surface area contributed by atoms with Crippen LogP contribution < -0.4 is 11.3 Å². The summed E-state index contributed by atoms with van der Waals surface area (Å²) < 4.78 is 24.0. The summed E-state index contributed by atoms with van der Waals surface area (Å²) in [4.78, 5) is 29.1. The van der Waals surface area contributed by atoms with E-state index < -0.39 is 17.1 Å². The van der Waals surface area contributed by atoms with Crippen molar-refractivity contribution in [1.29, 1.82) is 0 Å². The van der Waals surface area contributed by atoms with Crippen LogP contribution in [0.4, 0.5) is 4.39 Å². The molecule has 0 saturated heterocycles. The fraction of sp³-hybridized carbons (Fsp3) is 0.132. The molecule has 0 saturated carbocycles. The molecule has 0 amide bonds. The van der Waals surface area contributed by atoms with Gasteiger partial charge in [0.05, 0.1) is 0 Å². The maximum Gasteiger partial charge on any atom is 0.348 e. The van der Waals surface area contributed by atoms with E-state index in [2.05, 4.69) is 4.98 Å². The van der Waals surface area contributed by atoms with E-state index in [4.69, 9.17) is 20.4 Å². The molecule has 0 radical (unpaired) electrons. The van der Waals surface area contributed by atoms with Gasteiger partial charge in [-0.05, 0) is 105 Å². The number of hydrogen-bond acceptors (Lipinski definition) is 7. The molecule has 0 aliphatic rings. The van der Waals surface area contributed by atoms with Crippen LogP contribution >= 0.6 is 11.6 Å². The van der Waals surface area contributed by atoms with Crippen molar-refractivity contribution < 1.29 is 23.4 Å². The molecular weight excluding hydrogens is 621 g/mol. The molecule has 0 unspecified atom stereocenters. The smallest absolute Gasteiger partial charge is 0.348 e. The SMILES string of the molecule is Cc1cc(Cl)ccc1-c1c(O)c(C)c(-c2ccc(F)cc2)oc1=O.Cc1ccc(-c2c(O)c(C)c(-c3ccccn3)oc2=O)c(C)c1. The van der Waals surface area contributed by atoms with Crippen LogP contribution in [0.15, 0.2) is 103 Å². The maximum atomic E-state index is 13.1. The molecule has 47 heavy (non-hydrogen) atoms. The third kappa shape index (κ3) is 6.73. The predicted octanol–water partition coefficient (Wildman–Crippen LogP) is 9.09. The number of nitrogens with zero attached hydrogens (tertiary/aromatic N) is 1. The van der Waals surface area contributed by atoms with E-state index in [1.165, 1.54) is 24.3 Å². The average molecular weight is 652 g/mol. The summed E-state index contributed by atoms with van der Waals surface area (Å²) >= 11 is 5.94. The predicted molar refractivity (Wildman–Crippen MR) is 181 cm³/mol. The van der Waals surface area contributed by atoms with Crippen LogP contribution in [0.1, 0.15) is 27.8 Å². The van der Waals surface area contributed by atoms with E-state index in [1.54, 1.807) is 63.4 Å². The number of hydrogen-bond donors (Lipinski definition) is 2. The summed E-state index contributed by atoms with van der Waals surface area (Å²) in [5.41, 5.74) is 4.98. The Kier molecular flexibility index (Phi) is 9.44. The second-order valence-electron chi connectivity index (χ2n) is 11.1. The Morgan fingerprint density at radius 1 is 0.681 bits per heavy atom. The molecule has 3 heterocycles. The zero-order chi connectivity index (χ0) is 34.0. The van der Waals surface area contributed by atoms with Gasteiger partial charge < -0.3 is 19.0 Å². The Balaban J connectivity index is 0.000000185. The fourth-order valence-electron chi connectivity index (χ4n) is 5.32. The van der Waals surface area contributed by atoms with Crippen molar-refractivity contribution >= 4 is 11.6 Å². The first-order chi connectivity index (χ1) is 22.4. The van der Waals surface area contributed by atoms with E-state index in [9.17, 15) is 24.2 Å². The molecule has 6 rings (SSSR count). The fourth-order valence-corrected chi connectivity index (χ4v) is 5.55. The molecule has 6 aromatic rings. The highest BCUT2D eigenvalue weighted by Crippen LogP contribution is 2.38. The third-order valence-corrected chi connectivity index (χ3v) is 8.01. The number of benzene rings is 3. The third-order valence-electron chi connectivity index (χ3n) is 7.78. The van der Waals surface area contributed by atoms with Crippen molar-refractivity contribution in [3.63, 3.8) is 0 Å². The van der Waals surface area contributed by atoms with E-state index in [-0.39, 0.29) is 28.4 Å². The Bertz CT molecular complexity index is 2220. The van der Waals surface area contributed by atoms with Gasteiger partial charge in [-0.3, -0.25) is 4.98 Å². The molecule has 0 fully saturated rings. The van der Waals surface area contributed by atoms with Gasteiger partial charge in [-0.15, -0.1) is 0 Å². The zero-order valence-corrected chi connectivity index (χ0v) is 27.1. The lowest BCUT2D eigenvalue weighted by molar-refractivity contribution is 0.449. The molecule has 9 heteroatoms. The van der Waals surface area contributed by atoms with Gasteiger partial charge in [-0.25, -0.2) is 14.0 Å². The van der Waals surface area contributed by atoms with Crippen LogP contribution in [0, 0.1) is 40.4 Å². The highest BCUT2D eigenvalue weighted by Gasteiger charge is 2.22. The molecule has 3 aromatic heterocycles. The van der Waals surface area contributed by atoms with Crippen LogP contribution in [0.2, 0.25) is 5.02 Å². The standard InChI is InChI=1S/C19H14ClFO3.C19H17NO3/c1-10-9-13(20)5-8-15(10)16-17(22)11(2)18(24-19(16)23)12-3-6-14(21)7-4-12;1-11-7-8-14(12(2)10-11)16-17(21)13(3)18(23-19(16)22)15-6-4-5-9-20-15/h3-9,22H,1-2H3;4-10,21H,1-3H3. The highest BCUT2D eigenvalue weighted by atomic mass is 35.5. The lowest BCUT2D eigenvalue weighted by Crippen LogP contribution is -2.07. The summed E-state index contributed by atoms with van der Waals surface area (Å²) in [6.07, 6.45) is 1.61. The summed E-state index contributed by atoms with van der Waals surface area (Å²) in [7, 11) is 0. The van der Waals surface area contributed by atoms with Crippen LogP contribution in [0.25, 0.3) is 45.0 Å². The number of aromatic hydroxyl groups is 2. The summed E-state index contributed by atoms with van der Waals surface area (Å²) in [5.74, 6) is -0.101. The van der Waals surface area contributed by atoms with E-state index in [0.717, 1.165) is 16.7 Å². The van der Waals surface area contributed by atoms with Gasteiger partial charge in [0.15, 0.2) is 5.76 Å². The van der Waals surface area contributed by atoms with E-state index in [0.29, 0.717) is 44.3 Å². The molecule has 238 valence electrons. The maximum absolute atomic E-state index is 13.1. The first kappa shape index (κ1) is 32.9. The van der Waals surface area contributed by atoms with Gasteiger partial charge in [-0.1, -0.05) is 47.5 Å². The highest BCUT2D eigenvalue weighted by molar-refractivity contribution is 6.30. The van der Waals surface area contributed by atoms with Gasteiger partial charge in [0.25, 0.3) is 0 Å². The molecule has 7 nitrogen and oxygen atoms in total. The molecule has 0 aliphatic heterocycles. The van der Waals surface area contributed by atoms with Crippen molar-refractivity contribution in [2.75, 3.05) is 0 Å². The molecule has 0 bridgehead atoms. The average Bonchev–Trinajstić information content (AvgIpc) is 3.04. The van der Waals surface area contributed by atoms with Gasteiger partial charge in [-0.2, -0.15) is 0 Å². The lowest BCUT2D eigenvalue weighted by Gasteiger charge is -2.12. The van der Waals surface area contributed by atoms with Gasteiger partial charge in [0.2, 0.25) is 0 Å². The minimum atomic E-state index is -0.664. The number of rotatable bonds is 4. The largest absolute Gasteiger partial charge is 0.507 e. The number of aryl methyl sites for hydroxylation is 3. The number of aromatic nitrogens is 1. The Morgan fingerprint density at radius 2 is 1.23 bits per heavy atom. The van der Waals surface area contributed by atoms with Gasteiger partial charge in [0, 0.05) is 27.9 Å². The monoisotopic (exact) mass is 651 g/mol. The summed E-state index contributed by atoms with van der Waals surface area (Å²) in [5, 5.41) is 21.7. The molecular formula is C38H31ClFNO6. The number of halogens is 2. The van der Waals surface area contributed by atoms with Crippen molar-refractivity contribution in [1.82, 2.24) is 4.98 Å². The summed E-state index contributed by atoms with van der Waals surface area (Å²) in [6.45, 7) is 9.04. The molecule has 0 atom stereocenters. The second kappa shape index (κ2) is 13.5. The molecule has 0 spiro atoms. The van der Waals surface area contributed by atoms with Crippen LogP contribution in [0.3, 0.4) is 0 Å². The molecule has 3 aromatic carbocycles. The minimum Gasteiger partial charge on any atom is -0.507 e. The van der Waals surface area contributed by atoms with Crippen molar-refractivity contribution in [3.05, 3.63) is 145 Å². The van der Waals surface area contributed by atoms with E-state index >= 15 is 0 Å². The van der Waals surface area contributed by atoms with E-state index in [1.807, 2.05) is 32.0 Å². The molecule has 0 aliphatic carbocycles. The second-order valence-corrected chi connectivity index (χ2v) is 11.6. The van der Waals surface area contributed by atoms with Crippen molar-refractivity contribution in [2.45, 2.75) is 34.6 Å². The summed E-state index contributed by atoms with van der Waals surface area (Å²) in [6, 6.07) is 21.6.